The summed E-state index contributed by atoms with van der Waals surface area (Å²) in [4.78, 5) is 1.04. The minimum Gasteiger partial charge on any atom is -0.397 e. The van der Waals surface area contributed by atoms with Gasteiger partial charge in [-0.15, -0.1) is 11.3 Å². The molecule has 1 aromatic heterocycles. The fourth-order valence-corrected chi connectivity index (χ4v) is 4.30. The van der Waals surface area contributed by atoms with Crippen LogP contribution in [0.15, 0.2) is 28.5 Å². The number of aryl methyl sites for hydroxylation is 2. The van der Waals surface area contributed by atoms with Crippen molar-refractivity contribution in [3.05, 3.63) is 40.3 Å². The molecule has 0 fully saturated rings. The van der Waals surface area contributed by atoms with Gasteiger partial charge in [-0.05, 0) is 49.6 Å². The molecule has 0 radical (unpaired) electrons. The van der Waals surface area contributed by atoms with Gasteiger partial charge in [0.05, 0.1) is 11.4 Å². The third-order valence-corrected chi connectivity index (χ3v) is 6.33. The van der Waals surface area contributed by atoms with E-state index in [0.717, 1.165) is 22.4 Å². The van der Waals surface area contributed by atoms with Gasteiger partial charge in [0.1, 0.15) is 4.21 Å². The average molecular weight is 310 g/mol. The van der Waals surface area contributed by atoms with Crippen molar-refractivity contribution >= 4 is 32.7 Å². The molecule has 0 aliphatic carbocycles. The van der Waals surface area contributed by atoms with Gasteiger partial charge in [-0.25, -0.2) is 8.42 Å². The molecule has 0 saturated carbocycles. The lowest BCUT2D eigenvalue weighted by Crippen LogP contribution is -2.14. The van der Waals surface area contributed by atoms with Crippen LogP contribution in [0.4, 0.5) is 11.4 Å². The molecule has 4 nitrogen and oxygen atoms in total. The number of sulfonamides is 1. The smallest absolute Gasteiger partial charge is 0.271 e. The number of hydrogen-bond donors (Lipinski definition) is 2. The minimum absolute atomic E-state index is 0.314. The first-order chi connectivity index (χ1) is 9.35. The molecule has 2 aromatic rings. The summed E-state index contributed by atoms with van der Waals surface area (Å²) < 4.78 is 27.7. The predicted octanol–water partition coefficient (Wildman–Crippen LogP) is 3.31. The summed E-state index contributed by atoms with van der Waals surface area (Å²) in [5, 5.41) is 0. The highest BCUT2D eigenvalue weighted by Crippen LogP contribution is 2.30. The summed E-state index contributed by atoms with van der Waals surface area (Å²) in [5.41, 5.74) is 8.63. The molecule has 0 amide bonds. The third kappa shape index (κ3) is 2.81. The first kappa shape index (κ1) is 14.9. The molecular formula is C14H18N2O2S2. The van der Waals surface area contributed by atoms with Gasteiger partial charge in [0.25, 0.3) is 10.0 Å². The zero-order valence-corrected chi connectivity index (χ0v) is 13.4. The molecule has 3 N–H and O–H groups in total. The Labute approximate surface area is 123 Å². The van der Waals surface area contributed by atoms with Gasteiger partial charge in [-0.1, -0.05) is 13.0 Å². The maximum absolute atomic E-state index is 12.4. The predicted molar refractivity (Wildman–Crippen MR) is 84.8 cm³/mol. The minimum atomic E-state index is -3.58. The van der Waals surface area contributed by atoms with Gasteiger partial charge in [-0.3, -0.25) is 4.72 Å². The Hall–Kier alpha value is -1.53. The second-order valence-corrected chi connectivity index (χ2v) is 7.73. The number of thiophene rings is 1. The van der Waals surface area contributed by atoms with E-state index >= 15 is 0 Å². The average Bonchev–Trinajstić information content (AvgIpc) is 2.89. The van der Waals surface area contributed by atoms with Gasteiger partial charge < -0.3 is 5.73 Å². The molecule has 1 aromatic carbocycles. The first-order valence-corrected chi connectivity index (χ1v) is 8.62. The monoisotopic (exact) mass is 310 g/mol. The van der Waals surface area contributed by atoms with Crippen molar-refractivity contribution in [2.45, 2.75) is 31.4 Å². The lowest BCUT2D eigenvalue weighted by molar-refractivity contribution is 0.603. The zero-order chi connectivity index (χ0) is 14.9. The number of rotatable bonds is 4. The van der Waals surface area contributed by atoms with E-state index < -0.39 is 10.0 Å². The van der Waals surface area contributed by atoms with E-state index in [9.17, 15) is 8.42 Å². The molecule has 0 saturated heterocycles. The number of nitrogen functional groups attached to an aromatic ring is 1. The fraction of sp³-hybridized carbons (Fsp3) is 0.286. The second-order valence-electron chi connectivity index (χ2n) is 4.65. The molecule has 0 aliphatic heterocycles. The van der Waals surface area contributed by atoms with Crippen LogP contribution in [0, 0.1) is 13.8 Å². The van der Waals surface area contributed by atoms with Crippen molar-refractivity contribution in [2.75, 3.05) is 10.5 Å². The van der Waals surface area contributed by atoms with Crippen LogP contribution in [0.5, 0.6) is 0 Å². The van der Waals surface area contributed by atoms with Crippen molar-refractivity contribution in [2.24, 2.45) is 0 Å². The van der Waals surface area contributed by atoms with Crippen LogP contribution in [0.25, 0.3) is 0 Å². The molecule has 1 heterocycles. The third-order valence-electron chi connectivity index (χ3n) is 3.25. The summed E-state index contributed by atoms with van der Waals surface area (Å²) in [5.74, 6) is 0. The SMILES string of the molecule is CCc1ccc(S(=O)(=O)Nc2c(N)ccc(C)c2C)s1. The molecule has 20 heavy (non-hydrogen) atoms. The number of nitrogens with two attached hydrogens (primary N) is 1. The molecular weight excluding hydrogens is 292 g/mol. The van der Waals surface area contributed by atoms with Crippen molar-refractivity contribution in [1.29, 1.82) is 0 Å². The Balaban J connectivity index is 2.41. The van der Waals surface area contributed by atoms with Gasteiger partial charge in [0.2, 0.25) is 0 Å². The van der Waals surface area contributed by atoms with Crippen LogP contribution in [-0.2, 0) is 16.4 Å². The lowest BCUT2D eigenvalue weighted by Gasteiger charge is -2.13. The Bertz CT molecular complexity index is 734. The first-order valence-electron chi connectivity index (χ1n) is 6.32. The van der Waals surface area contributed by atoms with Crippen LogP contribution in [0.1, 0.15) is 22.9 Å². The highest BCUT2D eigenvalue weighted by molar-refractivity contribution is 7.94. The Morgan fingerprint density at radius 2 is 1.90 bits per heavy atom. The van der Waals surface area contributed by atoms with Crippen molar-refractivity contribution in [3.63, 3.8) is 0 Å². The Kier molecular flexibility index (Phi) is 4.06. The number of benzene rings is 1. The second kappa shape index (κ2) is 5.46. The van der Waals surface area contributed by atoms with Crippen molar-refractivity contribution in [3.8, 4) is 0 Å². The van der Waals surface area contributed by atoms with E-state index in [-0.39, 0.29) is 0 Å². The van der Waals surface area contributed by atoms with E-state index in [2.05, 4.69) is 4.72 Å². The lowest BCUT2D eigenvalue weighted by atomic mass is 10.1. The molecule has 6 heteroatoms. The number of nitrogens with one attached hydrogen (secondary N) is 1. The van der Waals surface area contributed by atoms with Crippen LogP contribution in [0.3, 0.4) is 0 Å². The van der Waals surface area contributed by atoms with E-state index in [0.29, 0.717) is 15.6 Å². The molecule has 0 unspecified atom stereocenters. The van der Waals surface area contributed by atoms with Gasteiger partial charge >= 0.3 is 0 Å². The van der Waals surface area contributed by atoms with E-state index in [4.69, 9.17) is 5.73 Å². The van der Waals surface area contributed by atoms with Crippen LogP contribution < -0.4 is 10.5 Å². The molecule has 0 spiro atoms. The van der Waals surface area contributed by atoms with E-state index in [1.54, 1.807) is 12.1 Å². The van der Waals surface area contributed by atoms with E-state index in [1.807, 2.05) is 32.9 Å². The normalized spacial score (nSPS) is 11.6. The number of anilines is 2. The van der Waals surface area contributed by atoms with Crippen LogP contribution in [-0.4, -0.2) is 8.42 Å². The number of hydrogen-bond acceptors (Lipinski definition) is 4. The fourth-order valence-electron chi connectivity index (χ4n) is 1.85. The quantitative estimate of drug-likeness (QED) is 0.851. The summed E-state index contributed by atoms with van der Waals surface area (Å²) in [7, 11) is -3.58. The summed E-state index contributed by atoms with van der Waals surface area (Å²) >= 11 is 1.28. The van der Waals surface area contributed by atoms with Gasteiger partial charge in [0, 0.05) is 4.88 Å². The summed E-state index contributed by atoms with van der Waals surface area (Å²) in [6, 6.07) is 7.06. The van der Waals surface area contributed by atoms with E-state index in [1.165, 1.54) is 11.3 Å². The van der Waals surface area contributed by atoms with Gasteiger partial charge in [0.15, 0.2) is 0 Å². The highest BCUT2D eigenvalue weighted by Gasteiger charge is 2.19. The zero-order valence-electron chi connectivity index (χ0n) is 11.7. The molecule has 0 bridgehead atoms. The van der Waals surface area contributed by atoms with Crippen molar-refractivity contribution < 1.29 is 8.42 Å². The molecule has 108 valence electrons. The highest BCUT2D eigenvalue weighted by atomic mass is 32.2. The topological polar surface area (TPSA) is 72.2 Å². The molecule has 0 aliphatic rings. The Morgan fingerprint density at radius 3 is 2.50 bits per heavy atom. The maximum Gasteiger partial charge on any atom is 0.271 e. The Morgan fingerprint density at radius 1 is 1.20 bits per heavy atom. The van der Waals surface area contributed by atoms with Crippen molar-refractivity contribution in [1.82, 2.24) is 0 Å². The summed E-state index contributed by atoms with van der Waals surface area (Å²) in [6.07, 6.45) is 0.825. The van der Waals surface area contributed by atoms with Gasteiger partial charge in [-0.2, -0.15) is 0 Å². The molecule has 2 rings (SSSR count). The maximum atomic E-state index is 12.4. The molecule has 0 atom stereocenters. The van der Waals surface area contributed by atoms with Crippen LogP contribution in [0.2, 0.25) is 0 Å². The standard InChI is InChI=1S/C14H18N2O2S2/c1-4-11-6-8-13(19-11)20(17,18)16-14-10(3)9(2)5-7-12(14)15/h5-8,16H,4,15H2,1-3H3. The van der Waals surface area contributed by atoms with Crippen LogP contribution >= 0.6 is 11.3 Å². The summed E-state index contributed by atoms with van der Waals surface area (Å²) in [6.45, 7) is 5.78. The largest absolute Gasteiger partial charge is 0.397 e.